The summed E-state index contributed by atoms with van der Waals surface area (Å²) in [6.45, 7) is 5.07. The number of aryl methyl sites for hydroxylation is 1. The summed E-state index contributed by atoms with van der Waals surface area (Å²) >= 11 is 1.55. The van der Waals surface area contributed by atoms with Crippen LogP contribution in [0.4, 0.5) is 5.69 Å². The molecule has 166 valence electrons. The summed E-state index contributed by atoms with van der Waals surface area (Å²) in [7, 11) is 0. The second kappa shape index (κ2) is 9.30. The van der Waals surface area contributed by atoms with Crippen molar-refractivity contribution in [2.75, 3.05) is 25.1 Å². The number of aromatic nitrogens is 1. The Morgan fingerprint density at radius 3 is 2.81 bits per heavy atom. The lowest BCUT2D eigenvalue weighted by Crippen LogP contribution is -2.23. The van der Waals surface area contributed by atoms with Gasteiger partial charge in [0.1, 0.15) is 18.2 Å². The molecule has 0 bridgehead atoms. The molecule has 0 radical (unpaired) electrons. The maximum Gasteiger partial charge on any atom is 0.231 e. The molecule has 1 fully saturated rings. The van der Waals surface area contributed by atoms with E-state index in [2.05, 4.69) is 27.7 Å². The molecule has 0 aliphatic carbocycles. The van der Waals surface area contributed by atoms with Crippen LogP contribution in [0.15, 0.2) is 47.8 Å². The van der Waals surface area contributed by atoms with Crippen LogP contribution in [-0.2, 0) is 17.8 Å². The molecular formula is C25H27N3O3S. The third kappa shape index (κ3) is 4.79. The van der Waals surface area contributed by atoms with Crippen LogP contribution in [-0.4, -0.2) is 35.5 Å². The lowest BCUT2D eigenvalue weighted by Gasteiger charge is -2.26. The zero-order valence-corrected chi connectivity index (χ0v) is 19.0. The molecule has 7 heteroatoms. The van der Waals surface area contributed by atoms with Gasteiger partial charge in [0.25, 0.3) is 0 Å². The van der Waals surface area contributed by atoms with Gasteiger partial charge in [-0.2, -0.15) is 0 Å². The molecule has 1 aromatic heterocycles. The maximum atomic E-state index is 12.4. The van der Waals surface area contributed by atoms with Crippen molar-refractivity contribution in [3.8, 4) is 11.5 Å². The number of nitrogens with zero attached hydrogens (tertiary/aromatic N) is 2. The van der Waals surface area contributed by atoms with E-state index in [4.69, 9.17) is 14.5 Å². The maximum absolute atomic E-state index is 12.4. The van der Waals surface area contributed by atoms with Gasteiger partial charge in [-0.15, -0.1) is 11.3 Å². The number of nitrogens with one attached hydrogen (secondary N) is 1. The van der Waals surface area contributed by atoms with Crippen LogP contribution in [0.2, 0.25) is 0 Å². The van der Waals surface area contributed by atoms with Crippen molar-refractivity contribution in [2.45, 2.75) is 38.8 Å². The Bertz CT molecular complexity index is 1100. The molecule has 2 aliphatic rings. The highest BCUT2D eigenvalue weighted by Gasteiger charge is 2.28. The van der Waals surface area contributed by atoms with Crippen molar-refractivity contribution < 1.29 is 14.3 Å². The number of rotatable bonds is 6. The topological polar surface area (TPSA) is 63.7 Å². The van der Waals surface area contributed by atoms with E-state index in [1.807, 2.05) is 37.3 Å². The smallest absolute Gasteiger partial charge is 0.231 e. The van der Waals surface area contributed by atoms with Crippen molar-refractivity contribution >= 4 is 22.9 Å². The second-order valence-electron chi connectivity index (χ2n) is 8.36. The number of ether oxygens (including phenoxy) is 2. The Balaban J connectivity index is 1.21. The van der Waals surface area contributed by atoms with Gasteiger partial charge in [-0.25, -0.2) is 4.98 Å². The van der Waals surface area contributed by atoms with Crippen LogP contribution in [0.1, 0.15) is 40.7 Å². The molecule has 1 saturated heterocycles. The van der Waals surface area contributed by atoms with E-state index in [-0.39, 0.29) is 5.91 Å². The third-order valence-corrected chi connectivity index (χ3v) is 6.82. The van der Waals surface area contributed by atoms with Gasteiger partial charge in [0, 0.05) is 23.7 Å². The van der Waals surface area contributed by atoms with Crippen molar-refractivity contribution in [3.05, 3.63) is 69.7 Å². The van der Waals surface area contributed by atoms with Gasteiger partial charge in [0.2, 0.25) is 5.91 Å². The number of likely N-dealkylation sites (tertiary alicyclic amines) is 1. The quantitative estimate of drug-likeness (QED) is 0.589. The van der Waals surface area contributed by atoms with E-state index >= 15 is 0 Å². The molecule has 2 aliphatic heterocycles. The van der Waals surface area contributed by atoms with Crippen LogP contribution < -0.4 is 14.8 Å². The minimum absolute atomic E-state index is 0.0370. The standard InChI is InChI=1S/C25H27N3O3S/c1-17-4-7-19(8-5-17)26-24(29)14-25-27-20(16-32-25)15-28-10-2-3-21(28)18-6-9-22-23(13-18)31-12-11-30-22/h4-9,13,16,21H,2-3,10-12,14-15H2,1H3,(H,26,29)/t21-/m0/s1. The van der Waals surface area contributed by atoms with Crippen molar-refractivity contribution in [3.63, 3.8) is 0 Å². The molecule has 0 unspecified atom stereocenters. The zero-order valence-electron chi connectivity index (χ0n) is 18.2. The van der Waals surface area contributed by atoms with Crippen LogP contribution in [0.3, 0.4) is 0 Å². The summed E-state index contributed by atoms with van der Waals surface area (Å²) in [6.07, 6.45) is 2.58. The first-order valence-corrected chi connectivity index (χ1v) is 12.0. The predicted molar refractivity (Wildman–Crippen MR) is 125 cm³/mol. The van der Waals surface area contributed by atoms with Crippen LogP contribution >= 0.6 is 11.3 Å². The first kappa shape index (κ1) is 21.0. The minimum Gasteiger partial charge on any atom is -0.486 e. The van der Waals surface area contributed by atoms with E-state index in [1.54, 1.807) is 11.3 Å². The fourth-order valence-electron chi connectivity index (χ4n) is 4.35. The molecule has 0 saturated carbocycles. The number of carbonyl (C=O) groups excluding carboxylic acids is 1. The van der Waals surface area contributed by atoms with E-state index in [1.165, 1.54) is 11.1 Å². The number of hydrogen-bond acceptors (Lipinski definition) is 6. The van der Waals surface area contributed by atoms with E-state index in [0.29, 0.717) is 25.7 Å². The second-order valence-corrected chi connectivity index (χ2v) is 9.30. The highest BCUT2D eigenvalue weighted by molar-refractivity contribution is 7.09. The zero-order chi connectivity index (χ0) is 21.9. The fourth-order valence-corrected chi connectivity index (χ4v) is 5.13. The molecule has 32 heavy (non-hydrogen) atoms. The monoisotopic (exact) mass is 449 g/mol. The van der Waals surface area contributed by atoms with Gasteiger partial charge in [-0.1, -0.05) is 23.8 Å². The van der Waals surface area contributed by atoms with Gasteiger partial charge in [0.15, 0.2) is 11.5 Å². The highest BCUT2D eigenvalue weighted by Crippen LogP contribution is 2.38. The summed E-state index contributed by atoms with van der Waals surface area (Å²) < 4.78 is 11.4. The van der Waals surface area contributed by atoms with Crippen molar-refractivity contribution in [1.29, 1.82) is 0 Å². The summed E-state index contributed by atoms with van der Waals surface area (Å²) in [6, 6.07) is 14.5. The lowest BCUT2D eigenvalue weighted by molar-refractivity contribution is -0.115. The Morgan fingerprint density at radius 2 is 1.97 bits per heavy atom. The Labute approximate surface area is 192 Å². The van der Waals surface area contributed by atoms with Crippen molar-refractivity contribution in [1.82, 2.24) is 9.88 Å². The number of benzene rings is 2. The summed E-state index contributed by atoms with van der Waals surface area (Å²) in [5, 5.41) is 5.87. The molecule has 3 heterocycles. The molecule has 5 rings (SSSR count). The molecule has 3 aromatic rings. The fraction of sp³-hybridized carbons (Fsp3) is 0.360. The molecule has 2 aromatic carbocycles. The number of carbonyl (C=O) groups is 1. The largest absolute Gasteiger partial charge is 0.486 e. The first-order valence-electron chi connectivity index (χ1n) is 11.1. The molecule has 1 amide bonds. The minimum atomic E-state index is -0.0370. The molecule has 6 nitrogen and oxygen atoms in total. The summed E-state index contributed by atoms with van der Waals surface area (Å²) in [4.78, 5) is 19.6. The number of thiazole rings is 1. The third-order valence-electron chi connectivity index (χ3n) is 5.93. The number of anilines is 1. The molecule has 1 N–H and O–H groups in total. The predicted octanol–water partition coefficient (Wildman–Crippen LogP) is 4.74. The van der Waals surface area contributed by atoms with Crippen molar-refractivity contribution in [2.24, 2.45) is 0 Å². The van der Waals surface area contributed by atoms with E-state index in [0.717, 1.165) is 53.8 Å². The normalized spacial score (nSPS) is 18.0. The SMILES string of the molecule is Cc1ccc(NC(=O)Cc2nc(CN3CCC[C@H]3c3ccc4c(c3)OCCO4)cs2)cc1. The highest BCUT2D eigenvalue weighted by atomic mass is 32.1. The Kier molecular flexibility index (Phi) is 6.10. The molecular weight excluding hydrogens is 422 g/mol. The van der Waals surface area contributed by atoms with E-state index in [9.17, 15) is 4.79 Å². The summed E-state index contributed by atoms with van der Waals surface area (Å²) in [5.41, 5.74) is 4.28. The molecule has 0 spiro atoms. The lowest BCUT2D eigenvalue weighted by atomic mass is 10.0. The number of hydrogen-bond donors (Lipinski definition) is 1. The van der Waals surface area contributed by atoms with Gasteiger partial charge < -0.3 is 14.8 Å². The van der Waals surface area contributed by atoms with Gasteiger partial charge >= 0.3 is 0 Å². The average Bonchev–Trinajstić information content (AvgIpc) is 3.44. The van der Waals surface area contributed by atoms with E-state index < -0.39 is 0 Å². The number of fused-ring (bicyclic) bond motifs is 1. The van der Waals surface area contributed by atoms with Crippen LogP contribution in [0.25, 0.3) is 0 Å². The average molecular weight is 450 g/mol. The number of amides is 1. The van der Waals surface area contributed by atoms with Crippen LogP contribution in [0, 0.1) is 6.92 Å². The Hall–Kier alpha value is -2.90. The summed E-state index contributed by atoms with van der Waals surface area (Å²) in [5.74, 6) is 1.64. The van der Waals surface area contributed by atoms with Gasteiger partial charge in [-0.3, -0.25) is 9.69 Å². The Morgan fingerprint density at radius 1 is 1.16 bits per heavy atom. The van der Waals surface area contributed by atoms with Gasteiger partial charge in [0.05, 0.1) is 12.1 Å². The molecule has 1 atom stereocenters. The first-order chi connectivity index (χ1) is 15.6. The van der Waals surface area contributed by atoms with Gasteiger partial charge in [-0.05, 0) is 56.1 Å². The van der Waals surface area contributed by atoms with Crippen LogP contribution in [0.5, 0.6) is 11.5 Å².